The van der Waals surface area contributed by atoms with E-state index in [1.165, 1.54) is 0 Å². The van der Waals surface area contributed by atoms with Gasteiger partial charge in [-0.05, 0) is 32.4 Å². The minimum Gasteiger partial charge on any atom is -0.481 e. The number of carboxylic acids is 1. The molecule has 110 valence electrons. The average molecular weight is 269 g/mol. The lowest BCUT2D eigenvalue weighted by atomic mass is 9.56. The molecule has 1 aliphatic heterocycles. The third kappa shape index (κ3) is 2.79. The molecule has 0 aromatic carbocycles. The summed E-state index contributed by atoms with van der Waals surface area (Å²) in [6, 6.07) is 0.564. The van der Waals surface area contributed by atoms with Crippen molar-refractivity contribution >= 4 is 5.97 Å². The molecule has 3 unspecified atom stereocenters. The van der Waals surface area contributed by atoms with Gasteiger partial charge in [-0.2, -0.15) is 0 Å². The van der Waals surface area contributed by atoms with Crippen LogP contribution in [-0.2, 0) is 9.53 Å². The molecule has 1 aliphatic carbocycles. The molecule has 4 heteroatoms. The van der Waals surface area contributed by atoms with Crippen molar-refractivity contribution < 1.29 is 14.6 Å². The minimum atomic E-state index is -0.689. The Hall–Kier alpha value is -0.610. The molecule has 0 bridgehead atoms. The van der Waals surface area contributed by atoms with Crippen molar-refractivity contribution in [1.29, 1.82) is 0 Å². The van der Waals surface area contributed by atoms with Crippen molar-refractivity contribution in [3.63, 3.8) is 0 Å². The van der Waals surface area contributed by atoms with E-state index in [4.69, 9.17) is 9.84 Å². The first kappa shape index (κ1) is 14.8. The van der Waals surface area contributed by atoms with Crippen molar-refractivity contribution in [3.8, 4) is 0 Å². The van der Waals surface area contributed by atoms with Crippen molar-refractivity contribution in [1.82, 2.24) is 4.90 Å². The van der Waals surface area contributed by atoms with Crippen LogP contribution >= 0.6 is 0 Å². The molecule has 1 saturated carbocycles. The van der Waals surface area contributed by atoms with E-state index in [0.717, 1.165) is 39.0 Å². The summed E-state index contributed by atoms with van der Waals surface area (Å²) in [7, 11) is 0. The van der Waals surface area contributed by atoms with Crippen LogP contribution in [0.1, 0.15) is 46.5 Å². The highest BCUT2D eigenvalue weighted by Crippen LogP contribution is 2.54. The summed E-state index contributed by atoms with van der Waals surface area (Å²) in [5.74, 6) is -0.0298. The van der Waals surface area contributed by atoms with Gasteiger partial charge in [0, 0.05) is 30.4 Å². The van der Waals surface area contributed by atoms with Crippen LogP contribution in [0.15, 0.2) is 0 Å². The molecule has 1 N–H and O–H groups in total. The third-order valence-electron chi connectivity index (χ3n) is 4.78. The molecular formula is C15H27NO3. The monoisotopic (exact) mass is 269 g/mol. The number of nitrogens with zero attached hydrogens (tertiary/aromatic N) is 1. The summed E-state index contributed by atoms with van der Waals surface area (Å²) in [5, 5.41) is 8.78. The Morgan fingerprint density at radius 1 is 1.42 bits per heavy atom. The fourth-order valence-corrected chi connectivity index (χ4v) is 4.15. The Bertz CT molecular complexity index is 329. The molecule has 19 heavy (non-hydrogen) atoms. The third-order valence-corrected chi connectivity index (χ3v) is 4.78. The van der Waals surface area contributed by atoms with Gasteiger partial charge in [0.15, 0.2) is 0 Å². The molecule has 0 amide bonds. The number of hydrogen-bond acceptors (Lipinski definition) is 3. The van der Waals surface area contributed by atoms with E-state index in [1.54, 1.807) is 0 Å². The predicted octanol–water partition coefficient (Wildman–Crippen LogP) is 2.38. The molecule has 1 saturated heterocycles. The second-order valence-corrected chi connectivity index (χ2v) is 6.54. The molecule has 0 aromatic rings. The largest absolute Gasteiger partial charge is 0.481 e. The van der Waals surface area contributed by atoms with Gasteiger partial charge in [0.2, 0.25) is 0 Å². The maximum atomic E-state index is 10.7. The van der Waals surface area contributed by atoms with Gasteiger partial charge in [-0.1, -0.05) is 20.8 Å². The van der Waals surface area contributed by atoms with E-state index in [0.29, 0.717) is 18.1 Å². The fraction of sp³-hybridized carbons (Fsp3) is 0.933. The Kier molecular flexibility index (Phi) is 4.51. The Labute approximate surface area is 116 Å². The van der Waals surface area contributed by atoms with Crippen LogP contribution < -0.4 is 0 Å². The average Bonchev–Trinajstić information content (AvgIpc) is 2.74. The van der Waals surface area contributed by atoms with E-state index < -0.39 is 5.97 Å². The van der Waals surface area contributed by atoms with Gasteiger partial charge >= 0.3 is 5.97 Å². The summed E-state index contributed by atoms with van der Waals surface area (Å²) in [4.78, 5) is 13.2. The van der Waals surface area contributed by atoms with Crippen LogP contribution in [0.2, 0.25) is 0 Å². The smallest absolute Gasteiger partial charge is 0.303 e. The first-order chi connectivity index (χ1) is 8.98. The first-order valence-corrected chi connectivity index (χ1v) is 7.56. The van der Waals surface area contributed by atoms with Crippen molar-refractivity contribution in [3.05, 3.63) is 0 Å². The number of hydrogen-bond donors (Lipinski definition) is 1. The topological polar surface area (TPSA) is 49.8 Å². The molecule has 2 rings (SSSR count). The van der Waals surface area contributed by atoms with Gasteiger partial charge in [0.1, 0.15) is 0 Å². The predicted molar refractivity (Wildman–Crippen MR) is 74.1 cm³/mol. The van der Waals surface area contributed by atoms with Crippen molar-refractivity contribution in [2.45, 2.75) is 58.6 Å². The molecule has 4 nitrogen and oxygen atoms in total. The van der Waals surface area contributed by atoms with Crippen molar-refractivity contribution in [2.75, 3.05) is 19.7 Å². The summed E-state index contributed by atoms with van der Waals surface area (Å²) < 4.78 is 5.85. The first-order valence-electron chi connectivity index (χ1n) is 7.56. The Morgan fingerprint density at radius 2 is 2.16 bits per heavy atom. The van der Waals surface area contributed by atoms with Crippen LogP contribution in [0.5, 0.6) is 0 Å². The van der Waals surface area contributed by atoms with Gasteiger partial charge < -0.3 is 9.84 Å². The van der Waals surface area contributed by atoms with Gasteiger partial charge in [-0.3, -0.25) is 9.69 Å². The SMILES string of the molecule is CCCN(CCCC(=O)O)C1C2CCOC2C1(C)C. The Balaban J connectivity index is 1.96. The number of carbonyl (C=O) groups is 1. The summed E-state index contributed by atoms with van der Waals surface area (Å²) in [6.45, 7) is 9.64. The summed E-state index contributed by atoms with van der Waals surface area (Å²) >= 11 is 0. The summed E-state index contributed by atoms with van der Waals surface area (Å²) in [6.07, 6.45) is 3.73. The number of aliphatic carboxylic acids is 1. The molecule has 0 radical (unpaired) electrons. The molecule has 1 heterocycles. The van der Waals surface area contributed by atoms with Gasteiger partial charge in [0.05, 0.1) is 6.10 Å². The Morgan fingerprint density at radius 3 is 2.79 bits per heavy atom. The van der Waals surface area contributed by atoms with E-state index in [2.05, 4.69) is 25.7 Å². The molecular weight excluding hydrogens is 242 g/mol. The lowest BCUT2D eigenvalue weighted by molar-refractivity contribution is -0.156. The molecule has 3 atom stereocenters. The lowest BCUT2D eigenvalue weighted by Crippen LogP contribution is -2.67. The van der Waals surface area contributed by atoms with Gasteiger partial charge in [-0.25, -0.2) is 0 Å². The van der Waals surface area contributed by atoms with Gasteiger partial charge in [0.25, 0.3) is 0 Å². The van der Waals surface area contributed by atoms with E-state index >= 15 is 0 Å². The number of ether oxygens (including phenoxy) is 1. The molecule has 2 aliphatic rings. The number of fused-ring (bicyclic) bond motifs is 1. The zero-order chi connectivity index (χ0) is 14.0. The second-order valence-electron chi connectivity index (χ2n) is 6.54. The number of carboxylic acid groups (broad SMARTS) is 1. The highest BCUT2D eigenvalue weighted by molar-refractivity contribution is 5.66. The maximum Gasteiger partial charge on any atom is 0.303 e. The van der Waals surface area contributed by atoms with Crippen LogP contribution in [0.4, 0.5) is 0 Å². The summed E-state index contributed by atoms with van der Waals surface area (Å²) in [5.41, 5.74) is 0.208. The van der Waals surface area contributed by atoms with E-state index in [-0.39, 0.29) is 11.8 Å². The molecule has 0 spiro atoms. The second kappa shape index (κ2) is 5.80. The lowest BCUT2D eigenvalue weighted by Gasteiger charge is -2.59. The zero-order valence-corrected chi connectivity index (χ0v) is 12.4. The highest BCUT2D eigenvalue weighted by Gasteiger charge is 2.60. The molecule has 2 fully saturated rings. The fourth-order valence-electron chi connectivity index (χ4n) is 4.15. The maximum absolute atomic E-state index is 10.7. The normalized spacial score (nSPS) is 32.1. The standard InChI is InChI=1S/C15H27NO3/c1-4-8-16(9-5-6-12(17)18)13-11-7-10-19-14(11)15(13,2)3/h11,13-14H,4-10H2,1-3H3,(H,17,18). The number of rotatable bonds is 7. The molecule has 0 aromatic heterocycles. The van der Waals surface area contributed by atoms with E-state index in [1.807, 2.05) is 0 Å². The minimum absolute atomic E-state index is 0.208. The van der Waals surface area contributed by atoms with Gasteiger partial charge in [-0.15, -0.1) is 0 Å². The highest BCUT2D eigenvalue weighted by atomic mass is 16.5. The van der Waals surface area contributed by atoms with Crippen molar-refractivity contribution in [2.24, 2.45) is 11.3 Å². The van der Waals surface area contributed by atoms with Crippen LogP contribution in [-0.4, -0.2) is 47.8 Å². The quantitative estimate of drug-likeness (QED) is 0.771. The van der Waals surface area contributed by atoms with Crippen LogP contribution in [0.25, 0.3) is 0 Å². The van der Waals surface area contributed by atoms with E-state index in [9.17, 15) is 4.79 Å². The van der Waals surface area contributed by atoms with Crippen LogP contribution in [0, 0.1) is 11.3 Å². The zero-order valence-electron chi connectivity index (χ0n) is 12.4. The van der Waals surface area contributed by atoms with Crippen LogP contribution in [0.3, 0.4) is 0 Å².